The Morgan fingerprint density at radius 1 is 1.31 bits per heavy atom. The van der Waals surface area contributed by atoms with Crippen molar-refractivity contribution in [3.05, 3.63) is 23.8 Å². The third-order valence-corrected chi connectivity index (χ3v) is 6.74. The first-order valence-corrected chi connectivity index (χ1v) is 11.2. The summed E-state index contributed by atoms with van der Waals surface area (Å²) in [4.78, 5) is 26.4. The monoisotopic (exact) mass is 434 g/mol. The van der Waals surface area contributed by atoms with Crippen LogP contribution in [0.4, 0.5) is 5.13 Å². The summed E-state index contributed by atoms with van der Waals surface area (Å²) in [5.41, 5.74) is 0.941. The van der Waals surface area contributed by atoms with E-state index in [0.29, 0.717) is 28.2 Å². The standard InChI is InChI=1S/C19H22N4O4S2/c1-3-16(24)23(13-5-6-13)18-21-22-19(29-18)28-11(2)17(25)20-9-12-4-7-14-15(8-12)27-10-26-14/h4,7-8,11,13H,3,5-6,9-10H2,1-2H3,(H,20,25)/t11-/m1/s1. The van der Waals surface area contributed by atoms with Crippen LogP contribution >= 0.6 is 23.1 Å². The Bertz CT molecular complexity index is 915. The molecule has 1 N–H and O–H groups in total. The third-order valence-electron chi connectivity index (χ3n) is 4.64. The molecule has 1 atom stereocenters. The van der Waals surface area contributed by atoms with Crippen molar-refractivity contribution >= 4 is 40.0 Å². The number of carbonyl (C=O) groups excluding carboxylic acids is 2. The maximum Gasteiger partial charge on any atom is 0.233 e. The number of hydrogen-bond donors (Lipinski definition) is 1. The van der Waals surface area contributed by atoms with Crippen LogP contribution in [-0.2, 0) is 16.1 Å². The molecule has 0 radical (unpaired) electrons. The van der Waals surface area contributed by atoms with Gasteiger partial charge in [-0.1, -0.05) is 36.1 Å². The second-order valence-electron chi connectivity index (χ2n) is 6.86. The number of rotatable bonds is 8. The second-order valence-corrected chi connectivity index (χ2v) is 9.41. The number of fused-ring (bicyclic) bond motifs is 1. The minimum atomic E-state index is -0.332. The number of nitrogens with zero attached hydrogens (tertiary/aromatic N) is 3. The van der Waals surface area contributed by atoms with Gasteiger partial charge in [0.05, 0.1) is 5.25 Å². The van der Waals surface area contributed by atoms with Gasteiger partial charge in [-0.25, -0.2) is 0 Å². The lowest BCUT2D eigenvalue weighted by atomic mass is 10.2. The molecule has 1 aliphatic carbocycles. The summed E-state index contributed by atoms with van der Waals surface area (Å²) >= 11 is 2.71. The fraction of sp³-hybridized carbons (Fsp3) is 0.474. The molecule has 8 nitrogen and oxygen atoms in total. The second kappa shape index (κ2) is 8.58. The van der Waals surface area contributed by atoms with Crippen molar-refractivity contribution in [2.75, 3.05) is 11.7 Å². The summed E-state index contributed by atoms with van der Waals surface area (Å²) in [6.45, 7) is 4.31. The highest BCUT2D eigenvalue weighted by atomic mass is 32.2. The number of hydrogen-bond acceptors (Lipinski definition) is 8. The number of nitrogens with one attached hydrogen (secondary N) is 1. The minimum absolute atomic E-state index is 0.0646. The van der Waals surface area contributed by atoms with Gasteiger partial charge in [0.1, 0.15) is 0 Å². The summed E-state index contributed by atoms with van der Waals surface area (Å²) in [6, 6.07) is 5.86. The topological polar surface area (TPSA) is 93.7 Å². The maximum absolute atomic E-state index is 12.5. The van der Waals surface area contributed by atoms with Gasteiger partial charge in [-0.15, -0.1) is 10.2 Å². The lowest BCUT2D eigenvalue weighted by Gasteiger charge is -2.17. The molecule has 1 fully saturated rings. The number of benzene rings is 1. The summed E-state index contributed by atoms with van der Waals surface area (Å²) in [5.74, 6) is 1.39. The van der Waals surface area contributed by atoms with Gasteiger partial charge in [0, 0.05) is 19.0 Å². The fourth-order valence-corrected chi connectivity index (χ4v) is 5.00. The predicted molar refractivity (Wildman–Crippen MR) is 110 cm³/mol. The van der Waals surface area contributed by atoms with Crippen LogP contribution in [0.15, 0.2) is 22.5 Å². The van der Waals surface area contributed by atoms with Gasteiger partial charge < -0.3 is 14.8 Å². The normalized spacial score (nSPS) is 15.8. The van der Waals surface area contributed by atoms with E-state index in [1.165, 1.54) is 23.1 Å². The number of amides is 2. The largest absolute Gasteiger partial charge is 0.454 e. The molecule has 154 valence electrons. The SMILES string of the molecule is CCC(=O)N(c1nnc(S[C@H](C)C(=O)NCc2ccc3c(c2)OCO3)s1)C1CC1. The summed E-state index contributed by atoms with van der Waals surface area (Å²) in [7, 11) is 0. The van der Waals surface area contributed by atoms with Crippen molar-refractivity contribution in [2.45, 2.75) is 55.3 Å². The Balaban J connectivity index is 1.32. The molecule has 2 aromatic rings. The van der Waals surface area contributed by atoms with Crippen LogP contribution < -0.4 is 19.7 Å². The van der Waals surface area contributed by atoms with E-state index in [-0.39, 0.29) is 29.9 Å². The Morgan fingerprint density at radius 2 is 2.10 bits per heavy atom. The Morgan fingerprint density at radius 3 is 2.86 bits per heavy atom. The van der Waals surface area contributed by atoms with Crippen LogP contribution in [-0.4, -0.2) is 40.1 Å². The first-order chi connectivity index (χ1) is 14.0. The molecule has 0 bridgehead atoms. The van der Waals surface area contributed by atoms with Crippen molar-refractivity contribution in [3.8, 4) is 11.5 Å². The van der Waals surface area contributed by atoms with Crippen molar-refractivity contribution in [1.29, 1.82) is 0 Å². The van der Waals surface area contributed by atoms with Crippen molar-refractivity contribution in [1.82, 2.24) is 15.5 Å². The molecule has 1 aliphatic heterocycles. The van der Waals surface area contributed by atoms with Gasteiger partial charge in [0.15, 0.2) is 15.8 Å². The third kappa shape index (κ3) is 4.64. The fourth-order valence-electron chi connectivity index (χ4n) is 2.91. The Kier molecular flexibility index (Phi) is 5.91. The lowest BCUT2D eigenvalue weighted by molar-refractivity contribution is -0.120. The van der Waals surface area contributed by atoms with E-state index in [1.807, 2.05) is 32.0 Å². The number of anilines is 1. The van der Waals surface area contributed by atoms with Gasteiger partial charge >= 0.3 is 0 Å². The molecule has 4 rings (SSSR count). The molecule has 0 spiro atoms. The summed E-state index contributed by atoms with van der Waals surface area (Å²) in [5, 5.41) is 11.6. The summed E-state index contributed by atoms with van der Waals surface area (Å²) < 4.78 is 11.3. The van der Waals surface area contributed by atoms with E-state index in [4.69, 9.17) is 9.47 Å². The molecule has 1 aromatic heterocycles. The van der Waals surface area contributed by atoms with Crippen molar-refractivity contribution in [2.24, 2.45) is 0 Å². The number of ether oxygens (including phenoxy) is 2. The highest BCUT2D eigenvalue weighted by molar-refractivity contribution is 8.02. The molecule has 1 aromatic carbocycles. The van der Waals surface area contributed by atoms with E-state index in [0.717, 1.165) is 24.2 Å². The molecular formula is C19H22N4O4S2. The first kappa shape index (κ1) is 20.0. The molecule has 0 unspecified atom stereocenters. The highest BCUT2D eigenvalue weighted by Gasteiger charge is 2.35. The van der Waals surface area contributed by atoms with E-state index in [1.54, 1.807) is 4.90 Å². The van der Waals surface area contributed by atoms with E-state index < -0.39 is 0 Å². The number of carbonyl (C=O) groups is 2. The molecule has 10 heteroatoms. The number of thioether (sulfide) groups is 1. The van der Waals surface area contributed by atoms with Gasteiger partial charge in [-0.2, -0.15) is 0 Å². The quantitative estimate of drug-likeness (QED) is 0.504. The highest BCUT2D eigenvalue weighted by Crippen LogP contribution is 2.37. The smallest absolute Gasteiger partial charge is 0.233 e. The van der Waals surface area contributed by atoms with Gasteiger partial charge in [-0.3, -0.25) is 14.5 Å². The van der Waals surface area contributed by atoms with Crippen LogP contribution in [0.3, 0.4) is 0 Å². The van der Waals surface area contributed by atoms with Crippen LogP contribution in [0.1, 0.15) is 38.7 Å². The average molecular weight is 435 g/mol. The van der Waals surface area contributed by atoms with E-state index in [9.17, 15) is 9.59 Å². The minimum Gasteiger partial charge on any atom is -0.454 e. The molecular weight excluding hydrogens is 412 g/mol. The molecule has 1 saturated carbocycles. The maximum atomic E-state index is 12.5. The van der Waals surface area contributed by atoms with Crippen LogP contribution in [0.2, 0.25) is 0 Å². The van der Waals surface area contributed by atoms with Crippen molar-refractivity contribution in [3.63, 3.8) is 0 Å². The Labute approximate surface area is 177 Å². The zero-order valence-corrected chi connectivity index (χ0v) is 17.8. The summed E-state index contributed by atoms with van der Waals surface area (Å²) in [6.07, 6.45) is 2.45. The van der Waals surface area contributed by atoms with Crippen LogP contribution in [0.5, 0.6) is 11.5 Å². The van der Waals surface area contributed by atoms with Gasteiger partial charge in [-0.05, 0) is 37.5 Å². The molecule has 2 heterocycles. The van der Waals surface area contributed by atoms with E-state index in [2.05, 4.69) is 15.5 Å². The van der Waals surface area contributed by atoms with Gasteiger partial charge in [0.2, 0.25) is 23.7 Å². The van der Waals surface area contributed by atoms with Gasteiger partial charge in [0.25, 0.3) is 0 Å². The predicted octanol–water partition coefficient (Wildman–Crippen LogP) is 2.97. The van der Waals surface area contributed by atoms with Crippen LogP contribution in [0.25, 0.3) is 0 Å². The first-order valence-electron chi connectivity index (χ1n) is 9.53. The molecule has 2 aliphatic rings. The molecule has 29 heavy (non-hydrogen) atoms. The zero-order valence-electron chi connectivity index (χ0n) is 16.2. The van der Waals surface area contributed by atoms with Crippen LogP contribution in [0, 0.1) is 0 Å². The Hall–Kier alpha value is -2.33. The average Bonchev–Trinajstić information content (AvgIpc) is 3.26. The zero-order chi connectivity index (χ0) is 20.4. The number of aromatic nitrogens is 2. The molecule has 0 saturated heterocycles. The lowest BCUT2D eigenvalue weighted by Crippen LogP contribution is -2.32. The van der Waals surface area contributed by atoms with Crippen molar-refractivity contribution < 1.29 is 19.1 Å². The molecule has 2 amide bonds. The van der Waals surface area contributed by atoms with E-state index >= 15 is 0 Å².